The van der Waals surface area contributed by atoms with E-state index in [1.807, 2.05) is 18.2 Å². The van der Waals surface area contributed by atoms with Crippen molar-refractivity contribution in [1.82, 2.24) is 4.90 Å². The number of rotatable bonds is 13. The van der Waals surface area contributed by atoms with E-state index in [4.69, 9.17) is 9.47 Å². The summed E-state index contributed by atoms with van der Waals surface area (Å²) in [5.41, 5.74) is 2.04. The second kappa shape index (κ2) is 13.3. The molecule has 0 atom stereocenters. The molecule has 1 N–H and O–H groups in total. The fourth-order valence-corrected chi connectivity index (χ4v) is 3.88. The Kier molecular flexibility index (Phi) is 9.87. The highest BCUT2D eigenvalue weighted by atomic mass is 16.5. The summed E-state index contributed by atoms with van der Waals surface area (Å²) in [5.74, 6) is 0.753. The van der Waals surface area contributed by atoms with Crippen molar-refractivity contribution in [1.29, 1.82) is 0 Å². The highest BCUT2D eigenvalue weighted by Crippen LogP contribution is 2.30. The number of anilines is 1. The quantitative estimate of drug-likeness (QED) is 0.323. The normalized spacial score (nSPS) is 10.7. The molecule has 6 heteroatoms. The van der Waals surface area contributed by atoms with Gasteiger partial charge in [0.2, 0.25) is 0 Å². The van der Waals surface area contributed by atoms with Gasteiger partial charge in [0.1, 0.15) is 6.61 Å². The third-order valence-corrected chi connectivity index (χ3v) is 5.59. The zero-order chi connectivity index (χ0) is 25.0. The Morgan fingerprint density at radius 3 is 2.14 bits per heavy atom. The number of methoxy groups -OCH3 is 1. The van der Waals surface area contributed by atoms with Crippen LogP contribution in [0.4, 0.5) is 5.69 Å². The summed E-state index contributed by atoms with van der Waals surface area (Å²) in [6, 6.07) is 21.1. The molecule has 0 spiro atoms. The largest absolute Gasteiger partial charge is 0.493 e. The molecule has 0 aromatic heterocycles. The minimum absolute atomic E-state index is 0.124. The molecule has 0 saturated carbocycles. The highest BCUT2D eigenvalue weighted by molar-refractivity contribution is 6.11. The molecule has 0 bridgehead atoms. The van der Waals surface area contributed by atoms with Crippen molar-refractivity contribution >= 4 is 17.4 Å². The molecule has 0 aliphatic rings. The summed E-state index contributed by atoms with van der Waals surface area (Å²) in [5, 5.41) is 2.90. The molecule has 0 heterocycles. The molecule has 3 rings (SSSR count). The molecule has 3 aromatic carbocycles. The average Bonchev–Trinajstić information content (AvgIpc) is 2.89. The highest BCUT2D eigenvalue weighted by Gasteiger charge is 2.14. The van der Waals surface area contributed by atoms with Gasteiger partial charge in [0.05, 0.1) is 7.11 Å². The molecule has 3 aromatic rings. The lowest BCUT2D eigenvalue weighted by Gasteiger charge is -2.21. The first-order chi connectivity index (χ1) is 17.0. The molecule has 0 fully saturated rings. The summed E-state index contributed by atoms with van der Waals surface area (Å²) in [4.78, 5) is 28.1. The first-order valence-electron chi connectivity index (χ1n) is 12.1. The monoisotopic (exact) mass is 474 g/mol. The molecule has 6 nitrogen and oxygen atoms in total. The van der Waals surface area contributed by atoms with Crippen molar-refractivity contribution in [3.05, 3.63) is 89.5 Å². The van der Waals surface area contributed by atoms with E-state index < -0.39 is 0 Å². The summed E-state index contributed by atoms with van der Waals surface area (Å²) < 4.78 is 11.5. The van der Waals surface area contributed by atoms with Gasteiger partial charge in [0, 0.05) is 35.0 Å². The van der Waals surface area contributed by atoms with Crippen LogP contribution >= 0.6 is 0 Å². The van der Waals surface area contributed by atoms with Crippen LogP contribution in [0.5, 0.6) is 11.5 Å². The van der Waals surface area contributed by atoms with E-state index in [1.165, 1.54) is 0 Å². The Morgan fingerprint density at radius 2 is 1.46 bits per heavy atom. The molecular formula is C29H34N2O4. The van der Waals surface area contributed by atoms with Crippen molar-refractivity contribution in [2.75, 3.05) is 38.7 Å². The topological polar surface area (TPSA) is 67.9 Å². The lowest BCUT2D eigenvalue weighted by atomic mass is 10.0. The Balaban J connectivity index is 1.69. The average molecular weight is 475 g/mol. The van der Waals surface area contributed by atoms with Gasteiger partial charge in [0.25, 0.3) is 5.91 Å². The minimum atomic E-state index is -0.305. The Labute approximate surface area is 207 Å². The number of ether oxygens (including phenoxy) is 2. The maximum Gasteiger partial charge on any atom is 0.255 e. The van der Waals surface area contributed by atoms with Crippen LogP contribution in [0.3, 0.4) is 0 Å². The van der Waals surface area contributed by atoms with Crippen molar-refractivity contribution in [3.63, 3.8) is 0 Å². The smallest absolute Gasteiger partial charge is 0.255 e. The van der Waals surface area contributed by atoms with Crippen LogP contribution in [-0.2, 0) is 0 Å². The number of hydrogen-bond acceptors (Lipinski definition) is 5. The van der Waals surface area contributed by atoms with Crippen LogP contribution in [0.15, 0.2) is 72.8 Å². The Morgan fingerprint density at radius 1 is 0.771 bits per heavy atom. The molecule has 0 saturated heterocycles. The van der Waals surface area contributed by atoms with E-state index in [0.29, 0.717) is 40.5 Å². The van der Waals surface area contributed by atoms with Crippen LogP contribution in [0, 0.1) is 0 Å². The zero-order valence-electron chi connectivity index (χ0n) is 20.8. The predicted molar refractivity (Wildman–Crippen MR) is 140 cm³/mol. The maximum absolute atomic E-state index is 12.9. The van der Waals surface area contributed by atoms with Gasteiger partial charge in [0.15, 0.2) is 17.3 Å². The molecular weight excluding hydrogens is 440 g/mol. The standard InChI is InChI=1S/C29H34N2O4/c1-4-16-31(17-5-2)18-19-35-27-21-25(14-15-26(27)34-3)30-29(33)24-13-9-12-23(20-24)28(32)22-10-7-6-8-11-22/h6-15,20-21H,4-5,16-19H2,1-3H3,(H,30,33). The summed E-state index contributed by atoms with van der Waals surface area (Å²) >= 11 is 0. The van der Waals surface area contributed by atoms with E-state index in [1.54, 1.807) is 61.7 Å². The summed E-state index contributed by atoms with van der Waals surface area (Å²) in [6.45, 7) is 7.77. The zero-order valence-corrected chi connectivity index (χ0v) is 20.8. The van der Waals surface area contributed by atoms with Gasteiger partial charge < -0.3 is 14.8 Å². The third kappa shape index (κ3) is 7.42. The van der Waals surface area contributed by atoms with Crippen LogP contribution in [0.2, 0.25) is 0 Å². The van der Waals surface area contributed by atoms with E-state index >= 15 is 0 Å². The lowest BCUT2D eigenvalue weighted by Crippen LogP contribution is -2.30. The lowest BCUT2D eigenvalue weighted by molar-refractivity contribution is 0.102. The van der Waals surface area contributed by atoms with E-state index in [-0.39, 0.29) is 11.7 Å². The van der Waals surface area contributed by atoms with Gasteiger partial charge in [-0.15, -0.1) is 0 Å². The second-order valence-electron chi connectivity index (χ2n) is 8.29. The van der Waals surface area contributed by atoms with Gasteiger partial charge in [-0.1, -0.05) is 56.3 Å². The van der Waals surface area contributed by atoms with E-state index in [9.17, 15) is 9.59 Å². The number of carbonyl (C=O) groups excluding carboxylic acids is 2. The van der Waals surface area contributed by atoms with E-state index in [2.05, 4.69) is 24.1 Å². The minimum Gasteiger partial charge on any atom is -0.493 e. The predicted octanol–water partition coefficient (Wildman–Crippen LogP) is 5.68. The summed E-state index contributed by atoms with van der Waals surface area (Å²) in [6.07, 6.45) is 2.20. The fourth-order valence-electron chi connectivity index (χ4n) is 3.88. The number of amides is 1. The maximum atomic E-state index is 12.9. The molecule has 35 heavy (non-hydrogen) atoms. The van der Waals surface area contributed by atoms with Gasteiger partial charge >= 0.3 is 0 Å². The van der Waals surface area contributed by atoms with Crippen LogP contribution in [-0.4, -0.2) is 49.9 Å². The first kappa shape index (κ1) is 26.0. The van der Waals surface area contributed by atoms with Gasteiger partial charge in [-0.2, -0.15) is 0 Å². The third-order valence-electron chi connectivity index (χ3n) is 5.59. The van der Waals surface area contributed by atoms with Crippen LogP contribution < -0.4 is 14.8 Å². The molecule has 184 valence electrons. The van der Waals surface area contributed by atoms with Crippen molar-refractivity contribution in [2.24, 2.45) is 0 Å². The number of nitrogens with one attached hydrogen (secondary N) is 1. The second-order valence-corrected chi connectivity index (χ2v) is 8.29. The van der Waals surface area contributed by atoms with Gasteiger partial charge in [-0.25, -0.2) is 0 Å². The van der Waals surface area contributed by atoms with Crippen LogP contribution in [0.25, 0.3) is 0 Å². The van der Waals surface area contributed by atoms with Gasteiger partial charge in [-0.3, -0.25) is 14.5 Å². The van der Waals surface area contributed by atoms with Crippen molar-refractivity contribution < 1.29 is 19.1 Å². The number of nitrogens with zero attached hydrogens (tertiary/aromatic N) is 1. The van der Waals surface area contributed by atoms with Gasteiger partial charge in [-0.05, 0) is 50.2 Å². The Bertz CT molecular complexity index is 1110. The fraction of sp³-hybridized carbons (Fsp3) is 0.310. The number of benzene rings is 3. The molecule has 0 aliphatic carbocycles. The van der Waals surface area contributed by atoms with Crippen molar-refractivity contribution in [2.45, 2.75) is 26.7 Å². The molecule has 1 amide bonds. The number of ketones is 1. The molecule has 0 unspecified atom stereocenters. The molecule has 0 aliphatic heterocycles. The van der Waals surface area contributed by atoms with E-state index in [0.717, 1.165) is 32.5 Å². The van der Waals surface area contributed by atoms with Crippen molar-refractivity contribution in [3.8, 4) is 11.5 Å². The SMILES string of the molecule is CCCN(CCC)CCOc1cc(NC(=O)c2cccc(C(=O)c3ccccc3)c2)ccc1OC. The van der Waals surface area contributed by atoms with Crippen LogP contribution in [0.1, 0.15) is 53.0 Å². The summed E-state index contributed by atoms with van der Waals surface area (Å²) in [7, 11) is 1.59. The number of carbonyl (C=O) groups is 2. The Hall–Kier alpha value is -3.64. The molecule has 0 radical (unpaired) electrons. The first-order valence-corrected chi connectivity index (χ1v) is 12.1. The number of hydrogen-bond donors (Lipinski definition) is 1.